The maximum absolute atomic E-state index is 13.2. The maximum Gasteiger partial charge on any atom is 0.273 e. The lowest BCUT2D eigenvalue weighted by Crippen LogP contribution is -2.39. The molecule has 0 bridgehead atoms. The molecule has 0 saturated carbocycles. The molecule has 8 heteroatoms. The number of pyridine rings is 1. The lowest BCUT2D eigenvalue weighted by Gasteiger charge is -2.27. The molecule has 1 atom stereocenters. The van der Waals surface area contributed by atoms with Gasteiger partial charge in [0.1, 0.15) is 24.9 Å². The van der Waals surface area contributed by atoms with Crippen molar-refractivity contribution in [3.8, 4) is 0 Å². The van der Waals surface area contributed by atoms with E-state index in [1.807, 2.05) is 42.3 Å². The first-order chi connectivity index (χ1) is 14.1. The summed E-state index contributed by atoms with van der Waals surface area (Å²) >= 11 is 0. The second-order valence-corrected chi connectivity index (χ2v) is 7.36. The molecular weight excluding hydrogens is 368 g/mol. The van der Waals surface area contributed by atoms with E-state index < -0.39 is 0 Å². The topological polar surface area (TPSA) is 84.2 Å². The third kappa shape index (κ3) is 4.11. The van der Waals surface area contributed by atoms with E-state index in [0.29, 0.717) is 18.8 Å². The summed E-state index contributed by atoms with van der Waals surface area (Å²) in [5.74, 6) is -0.0463. The van der Waals surface area contributed by atoms with E-state index in [1.165, 1.54) is 11.0 Å². The van der Waals surface area contributed by atoms with Crippen LogP contribution in [0.15, 0.2) is 49.2 Å². The lowest BCUT2D eigenvalue weighted by molar-refractivity contribution is -0.132. The molecule has 3 aromatic rings. The molecule has 0 aliphatic carbocycles. The fourth-order valence-electron chi connectivity index (χ4n) is 3.89. The SMILES string of the molecule is CN(C(=O)c1nccc2ccccc12)[C@@H]1CCCN(C(=O)Cn2cncn2)CC1. The molecule has 150 valence electrons. The zero-order valence-corrected chi connectivity index (χ0v) is 16.4. The number of benzene rings is 1. The van der Waals surface area contributed by atoms with Gasteiger partial charge in [-0.1, -0.05) is 24.3 Å². The molecule has 1 saturated heterocycles. The Kier molecular flexibility index (Phi) is 5.50. The molecule has 0 N–H and O–H groups in total. The molecular formula is C21H24N6O2. The summed E-state index contributed by atoms with van der Waals surface area (Å²) in [6.07, 6.45) is 7.11. The minimum Gasteiger partial charge on any atom is -0.341 e. The first-order valence-corrected chi connectivity index (χ1v) is 9.84. The van der Waals surface area contributed by atoms with Gasteiger partial charge in [0.2, 0.25) is 5.91 Å². The number of carbonyl (C=O) groups is 2. The molecule has 0 radical (unpaired) electrons. The van der Waals surface area contributed by atoms with Gasteiger partial charge in [-0.3, -0.25) is 14.6 Å². The Morgan fingerprint density at radius 3 is 2.86 bits per heavy atom. The highest BCUT2D eigenvalue weighted by Gasteiger charge is 2.27. The number of rotatable bonds is 4. The van der Waals surface area contributed by atoms with E-state index in [4.69, 9.17) is 0 Å². The van der Waals surface area contributed by atoms with Gasteiger partial charge in [0, 0.05) is 37.8 Å². The van der Waals surface area contributed by atoms with Crippen LogP contribution in [0.3, 0.4) is 0 Å². The molecule has 8 nitrogen and oxygen atoms in total. The van der Waals surface area contributed by atoms with Crippen molar-refractivity contribution in [2.75, 3.05) is 20.1 Å². The highest BCUT2D eigenvalue weighted by molar-refractivity contribution is 6.05. The van der Waals surface area contributed by atoms with Crippen LogP contribution in [0.5, 0.6) is 0 Å². The van der Waals surface area contributed by atoms with Gasteiger partial charge in [0.25, 0.3) is 5.91 Å². The molecule has 29 heavy (non-hydrogen) atoms. The Balaban J connectivity index is 1.43. The summed E-state index contributed by atoms with van der Waals surface area (Å²) < 4.78 is 1.53. The number of carbonyl (C=O) groups excluding carboxylic acids is 2. The van der Waals surface area contributed by atoms with Gasteiger partial charge in [-0.15, -0.1) is 0 Å². The van der Waals surface area contributed by atoms with Crippen molar-refractivity contribution in [3.63, 3.8) is 0 Å². The Morgan fingerprint density at radius 1 is 1.17 bits per heavy atom. The highest BCUT2D eigenvalue weighted by Crippen LogP contribution is 2.21. The van der Waals surface area contributed by atoms with E-state index >= 15 is 0 Å². The van der Waals surface area contributed by atoms with Crippen LogP contribution in [0, 0.1) is 0 Å². The number of likely N-dealkylation sites (tertiary alicyclic amines) is 1. The van der Waals surface area contributed by atoms with Gasteiger partial charge in [-0.2, -0.15) is 5.10 Å². The highest BCUT2D eigenvalue weighted by atomic mass is 16.2. The number of aromatic nitrogens is 4. The number of amides is 2. The Bertz CT molecular complexity index is 998. The summed E-state index contributed by atoms with van der Waals surface area (Å²) in [5.41, 5.74) is 0.481. The quantitative estimate of drug-likeness (QED) is 0.678. The van der Waals surface area contributed by atoms with Crippen LogP contribution in [-0.4, -0.2) is 67.5 Å². The minimum absolute atomic E-state index is 0.0286. The van der Waals surface area contributed by atoms with Crippen LogP contribution in [0.1, 0.15) is 29.8 Å². The fourth-order valence-corrected chi connectivity index (χ4v) is 3.89. The van der Waals surface area contributed by atoms with E-state index in [2.05, 4.69) is 15.1 Å². The zero-order valence-electron chi connectivity index (χ0n) is 16.4. The van der Waals surface area contributed by atoms with Crippen molar-refractivity contribution >= 4 is 22.6 Å². The second kappa shape index (κ2) is 8.38. The number of hydrogen-bond acceptors (Lipinski definition) is 5. The summed E-state index contributed by atoms with van der Waals surface area (Å²) in [6, 6.07) is 9.78. The number of fused-ring (bicyclic) bond motifs is 1. The molecule has 4 rings (SSSR count). The molecule has 3 heterocycles. The molecule has 1 fully saturated rings. The van der Waals surface area contributed by atoms with Gasteiger partial charge in [-0.05, 0) is 30.7 Å². The van der Waals surface area contributed by atoms with E-state index in [0.717, 1.165) is 30.0 Å². The zero-order chi connectivity index (χ0) is 20.2. The normalized spacial score (nSPS) is 17.1. The molecule has 1 aromatic carbocycles. The summed E-state index contributed by atoms with van der Waals surface area (Å²) in [7, 11) is 1.84. The average Bonchev–Trinajstić information content (AvgIpc) is 3.13. The van der Waals surface area contributed by atoms with Crippen LogP contribution in [0.25, 0.3) is 10.8 Å². The monoisotopic (exact) mass is 392 g/mol. The fraction of sp³-hybridized carbons (Fsp3) is 0.381. The number of hydrogen-bond donors (Lipinski definition) is 0. The van der Waals surface area contributed by atoms with Crippen LogP contribution in [-0.2, 0) is 11.3 Å². The molecule has 1 aliphatic rings. The van der Waals surface area contributed by atoms with Crippen LogP contribution in [0.2, 0.25) is 0 Å². The Hall–Kier alpha value is -3.29. The van der Waals surface area contributed by atoms with Gasteiger partial charge in [0.05, 0.1) is 0 Å². The maximum atomic E-state index is 13.2. The van der Waals surface area contributed by atoms with Gasteiger partial charge in [0.15, 0.2) is 0 Å². The summed E-state index contributed by atoms with van der Waals surface area (Å²) in [4.78, 5) is 37.6. The molecule has 0 unspecified atom stereocenters. The van der Waals surface area contributed by atoms with Crippen molar-refractivity contribution in [3.05, 3.63) is 54.9 Å². The summed E-state index contributed by atoms with van der Waals surface area (Å²) in [6.45, 7) is 1.51. The second-order valence-electron chi connectivity index (χ2n) is 7.36. The molecule has 2 aromatic heterocycles. The smallest absolute Gasteiger partial charge is 0.273 e. The molecule has 1 aliphatic heterocycles. The van der Waals surface area contributed by atoms with Crippen molar-refractivity contribution in [2.45, 2.75) is 31.8 Å². The molecule has 2 amide bonds. The van der Waals surface area contributed by atoms with E-state index in [9.17, 15) is 9.59 Å². The largest absolute Gasteiger partial charge is 0.341 e. The van der Waals surface area contributed by atoms with Gasteiger partial charge in [-0.25, -0.2) is 9.67 Å². The van der Waals surface area contributed by atoms with E-state index in [1.54, 1.807) is 17.4 Å². The average molecular weight is 392 g/mol. The predicted octanol–water partition coefficient (Wildman–Crippen LogP) is 1.98. The first-order valence-electron chi connectivity index (χ1n) is 9.84. The van der Waals surface area contributed by atoms with Crippen molar-refractivity contribution in [1.29, 1.82) is 0 Å². The molecule has 0 spiro atoms. The van der Waals surface area contributed by atoms with Gasteiger partial charge >= 0.3 is 0 Å². The van der Waals surface area contributed by atoms with E-state index in [-0.39, 0.29) is 24.4 Å². The third-order valence-corrected chi connectivity index (χ3v) is 5.56. The lowest BCUT2D eigenvalue weighted by atomic mass is 10.1. The van der Waals surface area contributed by atoms with Crippen molar-refractivity contribution in [1.82, 2.24) is 29.5 Å². The predicted molar refractivity (Wildman–Crippen MR) is 108 cm³/mol. The standard InChI is InChI=1S/C21H24N6O2/c1-25(21(29)20-18-7-3-2-5-16(18)8-10-23-20)17-6-4-11-26(12-9-17)19(28)13-27-15-22-14-24-27/h2-3,5,7-8,10,14-15,17H,4,6,9,11-13H2,1H3/t17-/m1/s1. The van der Waals surface area contributed by atoms with Crippen molar-refractivity contribution in [2.24, 2.45) is 0 Å². The first kappa shape index (κ1) is 19.0. The van der Waals surface area contributed by atoms with Crippen LogP contribution >= 0.6 is 0 Å². The Labute approximate surface area is 169 Å². The Morgan fingerprint density at radius 2 is 2.03 bits per heavy atom. The van der Waals surface area contributed by atoms with Crippen molar-refractivity contribution < 1.29 is 9.59 Å². The third-order valence-electron chi connectivity index (χ3n) is 5.56. The number of nitrogens with zero attached hydrogens (tertiary/aromatic N) is 6. The van der Waals surface area contributed by atoms with Crippen LogP contribution in [0.4, 0.5) is 0 Å². The minimum atomic E-state index is -0.0748. The summed E-state index contributed by atoms with van der Waals surface area (Å²) in [5, 5.41) is 5.87. The van der Waals surface area contributed by atoms with Gasteiger partial charge < -0.3 is 9.80 Å². The van der Waals surface area contributed by atoms with Crippen LogP contribution < -0.4 is 0 Å².